The summed E-state index contributed by atoms with van der Waals surface area (Å²) >= 11 is 0. The molecule has 0 aliphatic carbocycles. The highest BCUT2D eigenvalue weighted by molar-refractivity contribution is 5.90. The third-order valence-corrected chi connectivity index (χ3v) is 2.61. The van der Waals surface area contributed by atoms with Gasteiger partial charge in [-0.3, -0.25) is 5.10 Å². The maximum Gasteiger partial charge on any atom is 0.279 e. The summed E-state index contributed by atoms with van der Waals surface area (Å²) in [4.78, 5) is 4.33. The number of H-pyrrole nitrogens is 1. The molecule has 0 fully saturated rings. The zero-order chi connectivity index (χ0) is 11.7. The zero-order valence-corrected chi connectivity index (χ0v) is 9.47. The monoisotopic (exact) mass is 228 g/mol. The number of benzene rings is 1. The van der Waals surface area contributed by atoms with Crippen LogP contribution in [0.25, 0.3) is 22.5 Å². The lowest BCUT2D eigenvalue weighted by molar-refractivity contribution is 0.421. The topological polar surface area (TPSA) is 67.6 Å². The number of para-hydroxylation sites is 1. The highest BCUT2D eigenvalue weighted by atomic mass is 16.5. The zero-order valence-electron chi connectivity index (χ0n) is 9.47. The van der Waals surface area contributed by atoms with E-state index in [1.807, 2.05) is 24.3 Å². The van der Waals surface area contributed by atoms with Gasteiger partial charge in [-0.15, -0.1) is 0 Å². The fourth-order valence-electron chi connectivity index (χ4n) is 1.80. The minimum absolute atomic E-state index is 0.478. The van der Waals surface area contributed by atoms with Crippen molar-refractivity contribution in [2.45, 2.75) is 19.8 Å². The van der Waals surface area contributed by atoms with E-state index < -0.39 is 0 Å². The Labute approximate surface area is 97.8 Å². The molecule has 5 heteroatoms. The summed E-state index contributed by atoms with van der Waals surface area (Å²) in [5, 5.41) is 12.1. The van der Waals surface area contributed by atoms with Crippen LogP contribution in [-0.2, 0) is 6.42 Å². The number of nitrogens with one attached hydrogen (secondary N) is 1. The predicted octanol–water partition coefficient (Wildman–Crippen LogP) is 2.57. The Morgan fingerprint density at radius 1 is 1.29 bits per heavy atom. The molecule has 86 valence electrons. The molecule has 0 bridgehead atoms. The molecule has 5 nitrogen and oxygen atoms in total. The van der Waals surface area contributed by atoms with Crippen molar-refractivity contribution in [3.63, 3.8) is 0 Å². The Morgan fingerprint density at radius 3 is 3.06 bits per heavy atom. The van der Waals surface area contributed by atoms with Gasteiger partial charge in [-0.1, -0.05) is 30.3 Å². The molecule has 1 N–H and O–H groups in total. The maximum absolute atomic E-state index is 5.23. The van der Waals surface area contributed by atoms with Crippen LogP contribution in [0.1, 0.15) is 19.2 Å². The van der Waals surface area contributed by atoms with Gasteiger partial charge in [0.2, 0.25) is 0 Å². The first kappa shape index (κ1) is 10.0. The highest BCUT2D eigenvalue weighted by Crippen LogP contribution is 2.24. The first-order chi connectivity index (χ1) is 8.38. The molecule has 0 saturated heterocycles. The van der Waals surface area contributed by atoms with E-state index in [9.17, 15) is 0 Å². The molecule has 0 spiro atoms. The van der Waals surface area contributed by atoms with Crippen molar-refractivity contribution in [3.8, 4) is 11.6 Å². The number of hydrogen-bond acceptors (Lipinski definition) is 4. The minimum Gasteiger partial charge on any atom is -0.332 e. The second-order valence-corrected chi connectivity index (χ2v) is 3.88. The summed E-state index contributed by atoms with van der Waals surface area (Å²) in [5.41, 5.74) is 1.69. The molecule has 1 aromatic carbocycles. The predicted molar refractivity (Wildman–Crippen MR) is 63.4 cm³/mol. The number of aromatic amines is 1. The highest BCUT2D eigenvalue weighted by Gasteiger charge is 2.14. The lowest BCUT2D eigenvalue weighted by Gasteiger charge is -1.88. The fraction of sp³-hybridized carbons (Fsp3) is 0.250. The van der Waals surface area contributed by atoms with E-state index in [2.05, 4.69) is 27.3 Å². The van der Waals surface area contributed by atoms with Crippen LogP contribution in [0.15, 0.2) is 28.8 Å². The molecule has 0 atom stereocenters. The number of aromatic nitrogens is 4. The van der Waals surface area contributed by atoms with E-state index in [4.69, 9.17) is 4.52 Å². The third-order valence-electron chi connectivity index (χ3n) is 2.61. The minimum atomic E-state index is 0.478. The van der Waals surface area contributed by atoms with Gasteiger partial charge in [-0.2, -0.15) is 10.1 Å². The van der Waals surface area contributed by atoms with E-state index in [0.717, 1.165) is 35.3 Å². The molecule has 17 heavy (non-hydrogen) atoms. The van der Waals surface area contributed by atoms with E-state index in [0.29, 0.717) is 5.89 Å². The number of aryl methyl sites for hydroxylation is 1. The smallest absolute Gasteiger partial charge is 0.279 e. The first-order valence-electron chi connectivity index (χ1n) is 5.64. The molecule has 0 aliphatic heterocycles. The average Bonchev–Trinajstić information content (AvgIpc) is 2.95. The quantitative estimate of drug-likeness (QED) is 0.748. The van der Waals surface area contributed by atoms with Gasteiger partial charge in [0.25, 0.3) is 5.89 Å². The number of hydrogen-bond donors (Lipinski definition) is 1. The Hall–Kier alpha value is -2.17. The summed E-state index contributed by atoms with van der Waals surface area (Å²) in [6.07, 6.45) is 1.83. The van der Waals surface area contributed by atoms with E-state index >= 15 is 0 Å². The molecule has 3 rings (SSSR count). The van der Waals surface area contributed by atoms with Crippen LogP contribution in [0.3, 0.4) is 0 Å². The summed E-state index contributed by atoms with van der Waals surface area (Å²) in [5.74, 6) is 1.21. The normalized spacial score (nSPS) is 11.1. The molecule has 0 saturated carbocycles. The van der Waals surface area contributed by atoms with Crippen molar-refractivity contribution >= 4 is 10.9 Å². The lowest BCUT2D eigenvalue weighted by atomic mass is 10.2. The van der Waals surface area contributed by atoms with Crippen molar-refractivity contribution in [2.75, 3.05) is 0 Å². The van der Waals surface area contributed by atoms with Crippen LogP contribution < -0.4 is 0 Å². The van der Waals surface area contributed by atoms with Gasteiger partial charge in [0.1, 0.15) is 0 Å². The molecule has 2 heterocycles. The van der Waals surface area contributed by atoms with E-state index in [1.54, 1.807) is 0 Å². The second kappa shape index (κ2) is 4.01. The van der Waals surface area contributed by atoms with Crippen LogP contribution in [0.4, 0.5) is 0 Å². The number of nitrogens with zero attached hydrogens (tertiary/aromatic N) is 3. The van der Waals surface area contributed by atoms with Crippen LogP contribution in [-0.4, -0.2) is 20.3 Å². The summed E-state index contributed by atoms with van der Waals surface area (Å²) in [6.45, 7) is 2.08. The Morgan fingerprint density at radius 2 is 2.18 bits per heavy atom. The van der Waals surface area contributed by atoms with Crippen molar-refractivity contribution in [1.82, 2.24) is 20.3 Å². The fourth-order valence-corrected chi connectivity index (χ4v) is 1.80. The van der Waals surface area contributed by atoms with Crippen LogP contribution in [0.2, 0.25) is 0 Å². The van der Waals surface area contributed by atoms with Crippen LogP contribution in [0, 0.1) is 0 Å². The molecule has 0 radical (unpaired) electrons. The molecule has 0 aliphatic rings. The Balaban J connectivity index is 2.07. The van der Waals surface area contributed by atoms with E-state index in [-0.39, 0.29) is 0 Å². The van der Waals surface area contributed by atoms with Gasteiger partial charge in [0.05, 0.1) is 5.52 Å². The van der Waals surface area contributed by atoms with E-state index in [1.165, 1.54) is 0 Å². The molecular formula is C12H12N4O. The van der Waals surface area contributed by atoms with Gasteiger partial charge >= 0.3 is 0 Å². The van der Waals surface area contributed by atoms with Crippen LogP contribution >= 0.6 is 0 Å². The van der Waals surface area contributed by atoms with Crippen molar-refractivity contribution in [3.05, 3.63) is 30.1 Å². The Kier molecular flexibility index (Phi) is 2.36. The molecule has 3 aromatic rings. The standard InChI is InChI=1S/C12H12N4O/c1-2-5-10-13-12(17-16-10)11-8-6-3-4-7-9(8)14-15-11/h3-4,6-7H,2,5H2,1H3,(H,14,15). The van der Waals surface area contributed by atoms with Gasteiger partial charge < -0.3 is 4.52 Å². The summed E-state index contributed by atoms with van der Waals surface area (Å²) in [7, 11) is 0. The summed E-state index contributed by atoms with van der Waals surface area (Å²) in [6, 6.07) is 7.87. The summed E-state index contributed by atoms with van der Waals surface area (Å²) < 4.78 is 5.23. The average molecular weight is 228 g/mol. The van der Waals surface area contributed by atoms with Gasteiger partial charge in [-0.05, 0) is 12.5 Å². The largest absolute Gasteiger partial charge is 0.332 e. The van der Waals surface area contributed by atoms with Gasteiger partial charge in [0, 0.05) is 11.8 Å². The lowest BCUT2D eigenvalue weighted by Crippen LogP contribution is -1.85. The molecule has 0 amide bonds. The first-order valence-corrected chi connectivity index (χ1v) is 5.64. The van der Waals surface area contributed by atoms with Gasteiger partial charge in [0.15, 0.2) is 11.5 Å². The van der Waals surface area contributed by atoms with Crippen molar-refractivity contribution < 1.29 is 4.52 Å². The number of fused-ring (bicyclic) bond motifs is 1. The van der Waals surface area contributed by atoms with Crippen LogP contribution in [0.5, 0.6) is 0 Å². The number of rotatable bonds is 3. The Bertz CT molecular complexity index is 641. The SMILES string of the molecule is CCCc1noc(-c2n[nH]c3ccccc23)n1. The maximum atomic E-state index is 5.23. The molecule has 2 aromatic heterocycles. The van der Waals surface area contributed by atoms with Crippen molar-refractivity contribution in [2.24, 2.45) is 0 Å². The second-order valence-electron chi connectivity index (χ2n) is 3.88. The third kappa shape index (κ3) is 1.69. The molecule has 0 unspecified atom stereocenters. The molecular weight excluding hydrogens is 216 g/mol. The van der Waals surface area contributed by atoms with Gasteiger partial charge in [-0.25, -0.2) is 0 Å². The van der Waals surface area contributed by atoms with Crippen molar-refractivity contribution in [1.29, 1.82) is 0 Å².